The number of carbonyl (C=O) groups excluding carboxylic acids is 1. The maximum Gasteiger partial charge on any atom is 0.255 e. The lowest BCUT2D eigenvalue weighted by Gasteiger charge is -2.11. The molecule has 1 aromatic carbocycles. The molecule has 3 aromatic heterocycles. The van der Waals surface area contributed by atoms with Crippen molar-refractivity contribution in [2.45, 2.75) is 13.0 Å². The zero-order valence-electron chi connectivity index (χ0n) is 16.9. The second kappa shape index (κ2) is 8.97. The fourth-order valence-electron chi connectivity index (χ4n) is 3.17. The molecule has 4 aromatic rings. The Morgan fingerprint density at radius 1 is 1.34 bits per heavy atom. The molecule has 0 radical (unpaired) electrons. The van der Waals surface area contributed by atoms with E-state index >= 15 is 0 Å². The molecule has 9 nitrogen and oxygen atoms in total. The van der Waals surface area contributed by atoms with E-state index in [0.717, 1.165) is 3.97 Å². The highest BCUT2D eigenvalue weighted by Crippen LogP contribution is 2.26. The Kier molecular flexibility index (Phi) is 6.10. The molecule has 0 saturated heterocycles. The minimum absolute atomic E-state index is 0.0700. The van der Waals surface area contributed by atoms with Gasteiger partial charge in [0.25, 0.3) is 5.91 Å². The van der Waals surface area contributed by atoms with Gasteiger partial charge in [0.1, 0.15) is 23.5 Å². The first-order valence-corrected chi connectivity index (χ1v) is 10.4. The summed E-state index contributed by atoms with van der Waals surface area (Å²) in [6, 6.07) is 4.53. The number of nitrogens with zero attached hydrogens (tertiary/aromatic N) is 4. The molecule has 0 spiro atoms. The lowest BCUT2D eigenvalue weighted by molar-refractivity contribution is 0.0935. The minimum Gasteiger partial charge on any atom is -0.447 e. The summed E-state index contributed by atoms with van der Waals surface area (Å²) < 4.78 is 19.8. The third-order valence-corrected chi connectivity index (χ3v) is 5.39. The summed E-state index contributed by atoms with van der Waals surface area (Å²) in [5.41, 5.74) is 1.90. The van der Waals surface area contributed by atoms with Gasteiger partial charge in [0.2, 0.25) is 5.89 Å². The molecule has 0 aliphatic heterocycles. The third-order valence-electron chi connectivity index (χ3n) is 4.73. The maximum absolute atomic E-state index is 13.5. The Hall–Kier alpha value is -3.44. The van der Waals surface area contributed by atoms with E-state index < -0.39 is 11.9 Å². The quantitative estimate of drug-likeness (QED) is 0.340. The number of oxazole rings is 1. The fourth-order valence-corrected chi connectivity index (χ4v) is 3.68. The number of carbonyl (C=O) groups is 1. The molecule has 12 heteroatoms. The van der Waals surface area contributed by atoms with Gasteiger partial charge in [0.15, 0.2) is 18.0 Å². The summed E-state index contributed by atoms with van der Waals surface area (Å²) in [5, 5.41) is 14.9. The smallest absolute Gasteiger partial charge is 0.255 e. The van der Waals surface area contributed by atoms with E-state index in [1.807, 2.05) is 0 Å². The summed E-state index contributed by atoms with van der Waals surface area (Å²) in [7, 11) is 1.72. The zero-order chi connectivity index (χ0) is 22.8. The average molecular weight is 474 g/mol. The van der Waals surface area contributed by atoms with Crippen molar-refractivity contribution in [3.05, 3.63) is 70.8 Å². The predicted octanol–water partition coefficient (Wildman–Crippen LogP) is 4.40. The SMILES string of the molecule is CNc1cc(Cl)ccc1C(=N)c1cnc2c(n1)c(C(=O)NC(C)c1ncco1)cn2SF. The van der Waals surface area contributed by atoms with Crippen molar-refractivity contribution in [1.82, 2.24) is 24.2 Å². The van der Waals surface area contributed by atoms with E-state index in [1.165, 1.54) is 24.9 Å². The number of nitrogens with one attached hydrogen (secondary N) is 3. The van der Waals surface area contributed by atoms with Gasteiger partial charge in [-0.3, -0.25) is 10.2 Å². The van der Waals surface area contributed by atoms with E-state index in [2.05, 4.69) is 25.6 Å². The van der Waals surface area contributed by atoms with Gasteiger partial charge < -0.3 is 15.1 Å². The number of halogens is 2. The van der Waals surface area contributed by atoms with Gasteiger partial charge in [-0.2, -0.15) is 0 Å². The Morgan fingerprint density at radius 2 is 2.16 bits per heavy atom. The molecule has 1 atom stereocenters. The molecular formula is C20H17ClFN7O2S. The van der Waals surface area contributed by atoms with Crippen LogP contribution in [0.25, 0.3) is 11.2 Å². The molecule has 164 valence electrons. The molecule has 0 aliphatic carbocycles. The summed E-state index contributed by atoms with van der Waals surface area (Å²) in [5.74, 6) is -0.174. The van der Waals surface area contributed by atoms with Crippen LogP contribution in [0.3, 0.4) is 0 Å². The van der Waals surface area contributed by atoms with Gasteiger partial charge >= 0.3 is 0 Å². The van der Waals surface area contributed by atoms with Crippen molar-refractivity contribution in [2.75, 3.05) is 12.4 Å². The fraction of sp³-hybridized carbons (Fsp3) is 0.150. The topological polar surface area (TPSA) is 122 Å². The van der Waals surface area contributed by atoms with Gasteiger partial charge in [-0.1, -0.05) is 11.6 Å². The molecule has 4 rings (SSSR count). The highest BCUT2D eigenvalue weighted by molar-refractivity contribution is 7.92. The highest BCUT2D eigenvalue weighted by atomic mass is 35.5. The lowest BCUT2D eigenvalue weighted by Crippen LogP contribution is -2.26. The van der Waals surface area contributed by atoms with Crippen molar-refractivity contribution in [2.24, 2.45) is 0 Å². The number of aromatic nitrogens is 4. The minimum atomic E-state index is -0.518. The molecule has 0 saturated carbocycles. The standard InChI is InChI=1S/C20H17ClFN7O2S/c1-10(20-25-5-6-31-20)27-19(30)13-9-29(32-22)18-17(13)28-15(8-26-18)16(23)12-4-3-11(21)7-14(12)24-2/h3-10,23-24H,1-2H3,(H,27,30). The van der Waals surface area contributed by atoms with Gasteiger partial charge in [0, 0.05) is 29.5 Å². The van der Waals surface area contributed by atoms with Crippen LogP contribution in [0, 0.1) is 5.41 Å². The molecule has 3 heterocycles. The van der Waals surface area contributed by atoms with E-state index in [4.69, 9.17) is 21.4 Å². The predicted molar refractivity (Wildman–Crippen MR) is 121 cm³/mol. The second-order valence-corrected chi connectivity index (χ2v) is 7.71. The Morgan fingerprint density at radius 3 is 2.84 bits per heavy atom. The van der Waals surface area contributed by atoms with E-state index in [1.54, 1.807) is 32.2 Å². The highest BCUT2D eigenvalue weighted by Gasteiger charge is 2.23. The normalized spacial score (nSPS) is 12.0. The second-order valence-electron chi connectivity index (χ2n) is 6.75. The summed E-state index contributed by atoms with van der Waals surface area (Å²) in [6.07, 6.45) is 5.55. The first-order chi connectivity index (χ1) is 15.4. The third kappa shape index (κ3) is 4.04. The van der Waals surface area contributed by atoms with Crippen LogP contribution in [-0.4, -0.2) is 37.6 Å². The van der Waals surface area contributed by atoms with Crippen LogP contribution in [0.4, 0.5) is 9.57 Å². The monoisotopic (exact) mass is 473 g/mol. The van der Waals surface area contributed by atoms with Crippen LogP contribution < -0.4 is 10.6 Å². The van der Waals surface area contributed by atoms with Crippen LogP contribution >= 0.6 is 23.9 Å². The van der Waals surface area contributed by atoms with Crippen LogP contribution in [0.2, 0.25) is 5.02 Å². The Labute approximate surface area is 191 Å². The van der Waals surface area contributed by atoms with E-state index in [9.17, 15) is 8.68 Å². The number of anilines is 1. The number of hydrogen-bond acceptors (Lipinski definition) is 8. The van der Waals surface area contributed by atoms with Crippen molar-refractivity contribution in [3.8, 4) is 0 Å². The number of hydrogen-bond donors (Lipinski definition) is 3. The first-order valence-electron chi connectivity index (χ1n) is 9.37. The summed E-state index contributed by atoms with van der Waals surface area (Å²) in [6.45, 7) is 1.71. The largest absolute Gasteiger partial charge is 0.447 e. The molecule has 32 heavy (non-hydrogen) atoms. The van der Waals surface area contributed by atoms with Gasteiger partial charge in [-0.25, -0.2) is 18.9 Å². The molecule has 0 bridgehead atoms. The van der Waals surface area contributed by atoms with Gasteiger partial charge in [0.05, 0.1) is 23.7 Å². The zero-order valence-corrected chi connectivity index (χ0v) is 18.5. The van der Waals surface area contributed by atoms with Crippen LogP contribution in [0.15, 0.2) is 47.5 Å². The molecule has 0 aliphatic rings. The van der Waals surface area contributed by atoms with Crippen molar-refractivity contribution in [1.29, 1.82) is 5.41 Å². The van der Waals surface area contributed by atoms with Gasteiger partial charge in [-0.05, 0) is 25.1 Å². The van der Waals surface area contributed by atoms with Gasteiger partial charge in [-0.15, -0.1) is 3.89 Å². The first kappa shape index (κ1) is 21.8. The molecule has 0 fully saturated rings. The van der Waals surface area contributed by atoms with Crippen molar-refractivity contribution < 1.29 is 13.1 Å². The molecule has 1 amide bonds. The number of amides is 1. The maximum atomic E-state index is 13.5. The number of rotatable bonds is 7. The lowest BCUT2D eigenvalue weighted by atomic mass is 10.1. The molecule has 3 N–H and O–H groups in total. The number of fused-ring (bicyclic) bond motifs is 1. The summed E-state index contributed by atoms with van der Waals surface area (Å²) >= 11 is 5.94. The number of benzene rings is 1. The van der Waals surface area contributed by atoms with Crippen LogP contribution in [0.1, 0.15) is 40.5 Å². The Balaban J connectivity index is 1.73. The Bertz CT molecular complexity index is 1310. The van der Waals surface area contributed by atoms with Crippen LogP contribution in [0.5, 0.6) is 0 Å². The van der Waals surface area contributed by atoms with E-state index in [-0.39, 0.29) is 40.5 Å². The van der Waals surface area contributed by atoms with Crippen LogP contribution in [-0.2, 0) is 0 Å². The van der Waals surface area contributed by atoms with Crippen molar-refractivity contribution in [3.63, 3.8) is 0 Å². The van der Waals surface area contributed by atoms with E-state index in [0.29, 0.717) is 22.2 Å². The average Bonchev–Trinajstić information content (AvgIpc) is 3.46. The molecular weight excluding hydrogens is 457 g/mol. The molecule has 1 unspecified atom stereocenters. The summed E-state index contributed by atoms with van der Waals surface area (Å²) in [4.78, 5) is 25.6. The van der Waals surface area contributed by atoms with Crippen molar-refractivity contribution >= 4 is 52.4 Å².